The summed E-state index contributed by atoms with van der Waals surface area (Å²) < 4.78 is 10.3. The predicted octanol–water partition coefficient (Wildman–Crippen LogP) is 4.35. The van der Waals surface area contributed by atoms with E-state index in [1.807, 2.05) is 48.5 Å². The monoisotopic (exact) mass is 423 g/mol. The third-order valence-electron chi connectivity index (χ3n) is 5.94. The Hall–Kier alpha value is -2.73. The Morgan fingerprint density at radius 1 is 1.03 bits per heavy atom. The molecule has 0 bridgehead atoms. The topological polar surface area (TPSA) is 55.8 Å². The van der Waals surface area contributed by atoms with Crippen LogP contribution in [0.25, 0.3) is 5.70 Å². The van der Waals surface area contributed by atoms with Gasteiger partial charge in [-0.1, -0.05) is 60.3 Å². The molecule has 5 nitrogen and oxygen atoms in total. The van der Waals surface area contributed by atoms with Crippen LogP contribution >= 0.6 is 11.8 Å². The van der Waals surface area contributed by atoms with Gasteiger partial charge in [0, 0.05) is 16.3 Å². The summed E-state index contributed by atoms with van der Waals surface area (Å²) in [6.07, 6.45) is 1.74. The van der Waals surface area contributed by atoms with Crippen LogP contribution in [-0.4, -0.2) is 43.6 Å². The first-order valence-corrected chi connectivity index (χ1v) is 10.9. The molecule has 0 amide bonds. The number of carbonyl (C=O) groups is 2. The number of thioether (sulfide) groups is 1. The molecule has 0 aliphatic carbocycles. The van der Waals surface area contributed by atoms with Gasteiger partial charge in [0.05, 0.1) is 32.4 Å². The first-order valence-electron chi connectivity index (χ1n) is 10.1. The number of benzene rings is 2. The standard InChI is InChI=1S/C24H25NO4S/c1-28-20(26)16-24(23(27)29-2)19-14-9-15-25(19)21(17-10-5-3-6-11-17)22(24)30-18-12-7-4-8-13-18/h3-8,10-13,19H,9,14-16H2,1-2H3. The third-order valence-corrected chi connectivity index (χ3v) is 7.21. The fraction of sp³-hybridized carbons (Fsp3) is 0.333. The van der Waals surface area contributed by atoms with Crippen LogP contribution in [0.4, 0.5) is 0 Å². The van der Waals surface area contributed by atoms with Crippen LogP contribution in [0.15, 0.2) is 70.5 Å². The zero-order valence-corrected chi connectivity index (χ0v) is 18.0. The minimum absolute atomic E-state index is 0.0388. The van der Waals surface area contributed by atoms with Crippen molar-refractivity contribution < 1.29 is 19.1 Å². The normalized spacial score (nSPS) is 22.7. The minimum Gasteiger partial charge on any atom is -0.469 e. The maximum absolute atomic E-state index is 13.4. The van der Waals surface area contributed by atoms with Crippen LogP contribution in [0, 0.1) is 5.41 Å². The predicted molar refractivity (Wildman–Crippen MR) is 116 cm³/mol. The molecule has 0 saturated carbocycles. The van der Waals surface area contributed by atoms with Crippen molar-refractivity contribution in [2.75, 3.05) is 20.8 Å². The summed E-state index contributed by atoms with van der Waals surface area (Å²) in [4.78, 5) is 30.1. The highest BCUT2D eigenvalue weighted by atomic mass is 32.2. The van der Waals surface area contributed by atoms with Crippen LogP contribution in [-0.2, 0) is 19.1 Å². The van der Waals surface area contributed by atoms with Crippen molar-refractivity contribution in [3.63, 3.8) is 0 Å². The Labute approximate surface area is 181 Å². The van der Waals surface area contributed by atoms with Crippen molar-refractivity contribution in [2.45, 2.75) is 30.2 Å². The molecule has 1 saturated heterocycles. The van der Waals surface area contributed by atoms with Crippen LogP contribution < -0.4 is 0 Å². The minimum atomic E-state index is -1.09. The van der Waals surface area contributed by atoms with E-state index >= 15 is 0 Å². The van der Waals surface area contributed by atoms with E-state index in [1.165, 1.54) is 14.2 Å². The summed E-state index contributed by atoms with van der Waals surface area (Å²) in [5.41, 5.74) is 0.962. The molecule has 2 unspecified atom stereocenters. The summed E-state index contributed by atoms with van der Waals surface area (Å²) in [5, 5.41) is 0. The second-order valence-electron chi connectivity index (χ2n) is 7.53. The first kappa shape index (κ1) is 20.5. The molecule has 30 heavy (non-hydrogen) atoms. The summed E-state index contributed by atoms with van der Waals surface area (Å²) in [5.74, 6) is -0.790. The molecule has 2 aliphatic heterocycles. The van der Waals surface area contributed by atoms with E-state index in [0.717, 1.165) is 40.4 Å². The van der Waals surface area contributed by atoms with Gasteiger partial charge in [0.1, 0.15) is 5.41 Å². The lowest BCUT2D eigenvalue weighted by Crippen LogP contribution is -2.46. The molecule has 0 aromatic heterocycles. The maximum atomic E-state index is 13.4. The second-order valence-corrected chi connectivity index (χ2v) is 8.61. The van der Waals surface area contributed by atoms with E-state index in [9.17, 15) is 9.59 Å². The van der Waals surface area contributed by atoms with Crippen LogP contribution in [0.2, 0.25) is 0 Å². The molecule has 1 fully saturated rings. The number of nitrogens with zero attached hydrogens (tertiary/aromatic N) is 1. The number of fused-ring (bicyclic) bond motifs is 1. The molecule has 156 valence electrons. The number of carbonyl (C=O) groups excluding carboxylic acids is 2. The number of methoxy groups -OCH3 is 2. The Balaban J connectivity index is 1.96. The first-order chi connectivity index (χ1) is 14.6. The average molecular weight is 424 g/mol. The fourth-order valence-corrected chi connectivity index (χ4v) is 5.99. The quantitative estimate of drug-likeness (QED) is 0.644. The van der Waals surface area contributed by atoms with Crippen molar-refractivity contribution >= 4 is 29.4 Å². The molecule has 0 N–H and O–H groups in total. The van der Waals surface area contributed by atoms with E-state index in [4.69, 9.17) is 9.47 Å². The van der Waals surface area contributed by atoms with Gasteiger partial charge in [-0.25, -0.2) is 0 Å². The van der Waals surface area contributed by atoms with E-state index < -0.39 is 11.4 Å². The van der Waals surface area contributed by atoms with Gasteiger partial charge in [0.15, 0.2) is 0 Å². The Morgan fingerprint density at radius 3 is 2.33 bits per heavy atom. The summed E-state index contributed by atoms with van der Waals surface area (Å²) in [6, 6.07) is 19.9. The molecule has 0 radical (unpaired) electrons. The average Bonchev–Trinajstić information content (AvgIpc) is 3.36. The summed E-state index contributed by atoms with van der Waals surface area (Å²) in [6.45, 7) is 0.841. The van der Waals surface area contributed by atoms with Gasteiger partial charge >= 0.3 is 11.9 Å². The van der Waals surface area contributed by atoms with Gasteiger partial charge in [-0.15, -0.1) is 0 Å². The van der Waals surface area contributed by atoms with Gasteiger partial charge < -0.3 is 14.4 Å². The molecule has 2 atom stereocenters. The second kappa shape index (κ2) is 8.56. The summed E-state index contributed by atoms with van der Waals surface area (Å²) >= 11 is 1.54. The number of hydrogen-bond donors (Lipinski definition) is 0. The molecule has 2 aromatic rings. The molecule has 2 aliphatic rings. The number of hydrogen-bond acceptors (Lipinski definition) is 6. The lowest BCUT2D eigenvalue weighted by Gasteiger charge is -2.34. The van der Waals surface area contributed by atoms with Crippen molar-refractivity contribution in [1.82, 2.24) is 4.90 Å². The van der Waals surface area contributed by atoms with E-state index in [2.05, 4.69) is 17.0 Å². The number of rotatable bonds is 6. The lowest BCUT2D eigenvalue weighted by molar-refractivity contribution is -0.158. The zero-order chi connectivity index (χ0) is 21.1. The van der Waals surface area contributed by atoms with E-state index in [1.54, 1.807) is 11.8 Å². The highest BCUT2D eigenvalue weighted by Crippen LogP contribution is 2.59. The van der Waals surface area contributed by atoms with Crippen molar-refractivity contribution in [3.05, 3.63) is 71.1 Å². The van der Waals surface area contributed by atoms with Crippen LogP contribution in [0.3, 0.4) is 0 Å². The Bertz CT molecular complexity index is 960. The van der Waals surface area contributed by atoms with Crippen molar-refractivity contribution in [1.29, 1.82) is 0 Å². The van der Waals surface area contributed by atoms with Gasteiger partial charge in [0.2, 0.25) is 0 Å². The van der Waals surface area contributed by atoms with E-state index in [0.29, 0.717) is 0 Å². The molecule has 4 rings (SSSR count). The Morgan fingerprint density at radius 2 is 1.70 bits per heavy atom. The number of esters is 2. The Kier molecular flexibility index (Phi) is 5.86. The molecule has 6 heteroatoms. The smallest absolute Gasteiger partial charge is 0.319 e. The zero-order valence-electron chi connectivity index (χ0n) is 17.2. The molecule has 0 spiro atoms. The van der Waals surface area contributed by atoms with Gasteiger partial charge in [0.25, 0.3) is 0 Å². The highest BCUT2D eigenvalue weighted by Gasteiger charge is 2.61. The van der Waals surface area contributed by atoms with E-state index in [-0.39, 0.29) is 18.4 Å². The third kappa shape index (κ3) is 3.39. The largest absolute Gasteiger partial charge is 0.469 e. The molecule has 2 aromatic carbocycles. The molecular formula is C24H25NO4S. The van der Waals surface area contributed by atoms with Crippen molar-refractivity contribution in [2.24, 2.45) is 5.41 Å². The molecule has 2 heterocycles. The lowest BCUT2D eigenvalue weighted by atomic mass is 9.77. The maximum Gasteiger partial charge on any atom is 0.319 e. The highest BCUT2D eigenvalue weighted by molar-refractivity contribution is 8.03. The van der Waals surface area contributed by atoms with Gasteiger partial charge in [-0.3, -0.25) is 9.59 Å². The van der Waals surface area contributed by atoms with Gasteiger partial charge in [-0.05, 0) is 30.5 Å². The fourth-order valence-electron chi connectivity index (χ4n) is 4.66. The van der Waals surface area contributed by atoms with Crippen molar-refractivity contribution in [3.8, 4) is 0 Å². The van der Waals surface area contributed by atoms with Crippen LogP contribution in [0.5, 0.6) is 0 Å². The summed E-state index contributed by atoms with van der Waals surface area (Å²) in [7, 11) is 2.76. The molecular weight excluding hydrogens is 398 g/mol. The van der Waals surface area contributed by atoms with Gasteiger partial charge in [-0.2, -0.15) is 0 Å². The number of ether oxygens (including phenoxy) is 2. The van der Waals surface area contributed by atoms with Crippen LogP contribution in [0.1, 0.15) is 24.8 Å². The SMILES string of the molecule is COC(=O)CC1(C(=O)OC)C(Sc2ccccc2)=C(c2ccccc2)N2CCCC21.